The number of aromatic nitrogens is 1. The van der Waals surface area contributed by atoms with Gasteiger partial charge in [0.1, 0.15) is 11.3 Å². The molecule has 4 nitrogen and oxygen atoms in total. The van der Waals surface area contributed by atoms with E-state index in [1.54, 1.807) is 12.1 Å². The first-order valence-corrected chi connectivity index (χ1v) is 7.16. The van der Waals surface area contributed by atoms with Crippen molar-refractivity contribution in [1.82, 2.24) is 4.98 Å². The maximum absolute atomic E-state index is 10.8. The van der Waals surface area contributed by atoms with Gasteiger partial charge in [-0.3, -0.25) is 4.79 Å². The van der Waals surface area contributed by atoms with Crippen LogP contribution in [0.25, 0.3) is 21.2 Å². The Labute approximate surface area is 123 Å². The molecule has 0 spiro atoms. The van der Waals surface area contributed by atoms with Crippen LogP contribution in [0.5, 0.6) is 10.9 Å². The lowest BCUT2D eigenvalue weighted by Gasteiger charge is -2.01. The van der Waals surface area contributed by atoms with E-state index in [1.807, 2.05) is 36.4 Å². The fourth-order valence-electron chi connectivity index (χ4n) is 2.19. The normalized spacial score (nSPS) is 11.0. The molecule has 0 aliphatic carbocycles. The minimum Gasteiger partial charge on any atom is -0.453 e. The largest absolute Gasteiger partial charge is 0.453 e. The molecular formula is C16H9NO3S. The SMILES string of the molecule is O=Cc1cc2c(Oc3nc4ccccc4s3)cccc2o1. The third-order valence-corrected chi connectivity index (χ3v) is 4.04. The van der Waals surface area contributed by atoms with Crippen molar-refractivity contribution in [3.05, 3.63) is 54.3 Å². The summed E-state index contributed by atoms with van der Waals surface area (Å²) in [5.41, 5.74) is 1.53. The molecule has 2 heterocycles. The van der Waals surface area contributed by atoms with E-state index in [4.69, 9.17) is 9.15 Å². The van der Waals surface area contributed by atoms with Crippen molar-refractivity contribution < 1.29 is 13.9 Å². The predicted octanol–water partition coefficient (Wildman–Crippen LogP) is 4.65. The number of benzene rings is 2. The summed E-state index contributed by atoms with van der Waals surface area (Å²) < 4.78 is 12.3. The number of ether oxygens (including phenoxy) is 1. The van der Waals surface area contributed by atoms with Gasteiger partial charge >= 0.3 is 0 Å². The number of hydrogen-bond donors (Lipinski definition) is 0. The van der Waals surface area contributed by atoms with Crippen LogP contribution in [0.1, 0.15) is 10.6 Å². The second kappa shape index (κ2) is 4.71. The average Bonchev–Trinajstić information content (AvgIpc) is 3.10. The van der Waals surface area contributed by atoms with E-state index in [0.717, 1.165) is 15.6 Å². The van der Waals surface area contributed by atoms with Gasteiger partial charge in [0.15, 0.2) is 12.0 Å². The lowest BCUT2D eigenvalue weighted by molar-refractivity contribution is 0.110. The molecule has 5 heteroatoms. The van der Waals surface area contributed by atoms with Gasteiger partial charge in [-0.05, 0) is 30.3 Å². The number of hydrogen-bond acceptors (Lipinski definition) is 5. The van der Waals surface area contributed by atoms with Crippen LogP contribution in [0, 0.1) is 0 Å². The monoisotopic (exact) mass is 295 g/mol. The Morgan fingerprint density at radius 1 is 1.14 bits per heavy atom. The minimum absolute atomic E-state index is 0.283. The van der Waals surface area contributed by atoms with E-state index >= 15 is 0 Å². The molecule has 0 atom stereocenters. The molecule has 0 saturated heterocycles. The van der Waals surface area contributed by atoms with Gasteiger partial charge in [-0.1, -0.05) is 29.5 Å². The zero-order valence-electron chi connectivity index (χ0n) is 10.8. The topological polar surface area (TPSA) is 52.3 Å². The van der Waals surface area contributed by atoms with Gasteiger partial charge in [-0.25, -0.2) is 4.98 Å². The van der Waals surface area contributed by atoms with Crippen molar-refractivity contribution in [2.24, 2.45) is 0 Å². The molecular weight excluding hydrogens is 286 g/mol. The highest BCUT2D eigenvalue weighted by Gasteiger charge is 2.11. The van der Waals surface area contributed by atoms with Crippen LogP contribution in [0.3, 0.4) is 0 Å². The molecule has 0 unspecified atom stereocenters. The number of carbonyl (C=O) groups is 1. The maximum atomic E-state index is 10.8. The van der Waals surface area contributed by atoms with Gasteiger partial charge in [0.25, 0.3) is 5.19 Å². The van der Waals surface area contributed by atoms with Crippen molar-refractivity contribution in [1.29, 1.82) is 0 Å². The molecule has 0 aliphatic heterocycles. The number of rotatable bonds is 3. The average molecular weight is 295 g/mol. The Hall–Kier alpha value is -2.66. The van der Waals surface area contributed by atoms with Crippen molar-refractivity contribution in [3.8, 4) is 10.9 Å². The van der Waals surface area contributed by atoms with Crippen LogP contribution in [-0.2, 0) is 0 Å². The smallest absolute Gasteiger partial charge is 0.279 e. The van der Waals surface area contributed by atoms with Crippen LogP contribution >= 0.6 is 11.3 Å². The Kier molecular flexibility index (Phi) is 2.72. The second-order valence-corrected chi connectivity index (χ2v) is 5.48. The van der Waals surface area contributed by atoms with Crippen molar-refractivity contribution in [2.75, 3.05) is 0 Å². The first-order chi connectivity index (χ1) is 10.3. The molecule has 21 heavy (non-hydrogen) atoms. The number of aldehydes is 1. The summed E-state index contributed by atoms with van der Waals surface area (Å²) in [5.74, 6) is 0.911. The Morgan fingerprint density at radius 3 is 2.90 bits per heavy atom. The Bertz CT molecular complexity index is 921. The third-order valence-electron chi connectivity index (χ3n) is 3.13. The highest BCUT2D eigenvalue weighted by Crippen LogP contribution is 2.35. The summed E-state index contributed by atoms with van der Waals surface area (Å²) in [6.45, 7) is 0. The van der Waals surface area contributed by atoms with Crippen LogP contribution in [0.4, 0.5) is 0 Å². The number of carbonyl (C=O) groups excluding carboxylic acids is 1. The van der Waals surface area contributed by atoms with Gasteiger partial charge in [-0.2, -0.15) is 0 Å². The summed E-state index contributed by atoms with van der Waals surface area (Å²) in [6.07, 6.45) is 0.682. The first-order valence-electron chi connectivity index (χ1n) is 6.35. The number of furan rings is 1. The molecule has 0 bridgehead atoms. The Balaban J connectivity index is 1.79. The van der Waals surface area contributed by atoms with Gasteiger partial charge in [-0.15, -0.1) is 0 Å². The summed E-state index contributed by atoms with van der Waals surface area (Å²) in [4.78, 5) is 15.3. The van der Waals surface area contributed by atoms with E-state index in [2.05, 4.69) is 4.98 Å². The standard InChI is InChI=1S/C16H9NO3S/c18-9-10-8-11-13(19-10)5-3-6-14(11)20-16-17-12-4-1-2-7-15(12)21-16/h1-9H. The van der Waals surface area contributed by atoms with Crippen molar-refractivity contribution >= 4 is 38.8 Å². The van der Waals surface area contributed by atoms with Crippen LogP contribution in [-0.4, -0.2) is 11.3 Å². The molecule has 0 saturated carbocycles. The quantitative estimate of drug-likeness (QED) is 0.516. The lowest BCUT2D eigenvalue weighted by atomic mass is 10.2. The third kappa shape index (κ3) is 2.08. The number of fused-ring (bicyclic) bond motifs is 2. The van der Waals surface area contributed by atoms with E-state index in [0.29, 0.717) is 22.8 Å². The number of nitrogens with zero attached hydrogens (tertiary/aromatic N) is 1. The number of para-hydroxylation sites is 1. The minimum atomic E-state index is 0.283. The van der Waals surface area contributed by atoms with Gasteiger partial charge in [0.2, 0.25) is 0 Å². The zero-order chi connectivity index (χ0) is 14.2. The van der Waals surface area contributed by atoms with Crippen molar-refractivity contribution in [2.45, 2.75) is 0 Å². The van der Waals surface area contributed by atoms with Gasteiger partial charge < -0.3 is 9.15 Å². The summed E-state index contributed by atoms with van der Waals surface area (Å²) in [7, 11) is 0. The Morgan fingerprint density at radius 2 is 2.05 bits per heavy atom. The lowest BCUT2D eigenvalue weighted by Crippen LogP contribution is -1.83. The summed E-state index contributed by atoms with van der Waals surface area (Å²) >= 11 is 1.48. The summed E-state index contributed by atoms with van der Waals surface area (Å²) in [6, 6.07) is 15.0. The molecule has 0 radical (unpaired) electrons. The fourth-order valence-corrected chi connectivity index (χ4v) is 3.02. The van der Waals surface area contributed by atoms with Crippen LogP contribution in [0.2, 0.25) is 0 Å². The van der Waals surface area contributed by atoms with E-state index in [-0.39, 0.29) is 5.76 Å². The molecule has 0 N–H and O–H groups in total. The number of thiazole rings is 1. The van der Waals surface area contributed by atoms with Crippen LogP contribution in [0.15, 0.2) is 52.9 Å². The molecule has 2 aromatic heterocycles. The predicted molar refractivity (Wildman–Crippen MR) is 81.3 cm³/mol. The highest BCUT2D eigenvalue weighted by molar-refractivity contribution is 7.20. The van der Waals surface area contributed by atoms with Crippen molar-refractivity contribution in [3.63, 3.8) is 0 Å². The van der Waals surface area contributed by atoms with E-state index in [9.17, 15) is 4.79 Å². The highest BCUT2D eigenvalue weighted by atomic mass is 32.1. The molecule has 4 rings (SSSR count). The summed E-state index contributed by atoms with van der Waals surface area (Å²) in [5, 5.41) is 1.33. The van der Waals surface area contributed by atoms with Gasteiger partial charge in [0, 0.05) is 0 Å². The second-order valence-electron chi connectivity index (χ2n) is 4.48. The van der Waals surface area contributed by atoms with Gasteiger partial charge in [0.05, 0.1) is 15.6 Å². The maximum Gasteiger partial charge on any atom is 0.279 e. The van der Waals surface area contributed by atoms with Crippen LogP contribution < -0.4 is 4.74 Å². The molecule has 102 valence electrons. The zero-order valence-corrected chi connectivity index (χ0v) is 11.6. The molecule has 0 fully saturated rings. The van der Waals surface area contributed by atoms with E-state index in [1.165, 1.54) is 11.3 Å². The molecule has 2 aromatic carbocycles. The fraction of sp³-hybridized carbons (Fsp3) is 0. The van der Waals surface area contributed by atoms with E-state index < -0.39 is 0 Å². The molecule has 4 aromatic rings. The first kappa shape index (κ1) is 12.1. The molecule has 0 aliphatic rings. The molecule has 0 amide bonds.